The molecule has 4 nitrogen and oxygen atoms in total. The number of aliphatic hydroxyl groups is 1. The first-order chi connectivity index (χ1) is 16.5. The fraction of sp³-hybridized carbons (Fsp3) is 0.969. The molecule has 1 heterocycles. The summed E-state index contributed by atoms with van der Waals surface area (Å²) in [7, 11) is 0. The quantitative estimate of drug-likeness (QED) is 0.411. The van der Waals surface area contributed by atoms with E-state index in [0.717, 1.165) is 25.2 Å². The van der Waals surface area contributed by atoms with E-state index in [4.69, 9.17) is 9.47 Å². The van der Waals surface area contributed by atoms with Crippen molar-refractivity contribution in [3.8, 4) is 0 Å². The van der Waals surface area contributed by atoms with Gasteiger partial charge in [0.1, 0.15) is 6.10 Å². The lowest BCUT2D eigenvalue weighted by atomic mass is 9.35. The molecule has 0 aromatic heterocycles. The van der Waals surface area contributed by atoms with Crippen molar-refractivity contribution < 1.29 is 19.4 Å². The summed E-state index contributed by atoms with van der Waals surface area (Å²) >= 11 is 0. The van der Waals surface area contributed by atoms with Gasteiger partial charge >= 0.3 is 5.97 Å². The zero-order chi connectivity index (χ0) is 26.5. The molecular formula is C32H54O4. The van der Waals surface area contributed by atoms with E-state index in [2.05, 4.69) is 41.5 Å². The third kappa shape index (κ3) is 3.62. The highest BCUT2D eigenvalue weighted by Crippen LogP contribution is 2.76. The van der Waals surface area contributed by atoms with Crippen LogP contribution < -0.4 is 0 Å². The van der Waals surface area contributed by atoms with Crippen molar-refractivity contribution in [1.29, 1.82) is 0 Å². The summed E-state index contributed by atoms with van der Waals surface area (Å²) in [6.45, 7) is 20.4. The van der Waals surface area contributed by atoms with Crippen molar-refractivity contribution in [2.75, 3.05) is 0 Å². The second kappa shape index (κ2) is 8.20. The first-order valence-corrected chi connectivity index (χ1v) is 15.1. The smallest absolute Gasteiger partial charge is 0.302 e. The van der Waals surface area contributed by atoms with Crippen LogP contribution in [-0.4, -0.2) is 34.5 Å². The summed E-state index contributed by atoms with van der Waals surface area (Å²) in [5.41, 5.74) is 0.122. The molecule has 0 unspecified atom stereocenters. The van der Waals surface area contributed by atoms with Gasteiger partial charge in [-0.2, -0.15) is 0 Å². The fourth-order valence-corrected chi connectivity index (χ4v) is 11.5. The molecule has 5 fully saturated rings. The molecule has 5 rings (SSSR count). The Kier molecular flexibility index (Phi) is 6.14. The lowest BCUT2D eigenvalue weighted by Crippen LogP contribution is -2.64. The zero-order valence-corrected chi connectivity index (χ0v) is 24.7. The predicted octanol–water partition coefficient (Wildman–Crippen LogP) is 7.31. The average molecular weight is 503 g/mol. The molecule has 4 aliphatic carbocycles. The van der Waals surface area contributed by atoms with Gasteiger partial charge in [0.2, 0.25) is 0 Å². The molecule has 0 amide bonds. The van der Waals surface area contributed by atoms with Gasteiger partial charge < -0.3 is 14.6 Å². The summed E-state index contributed by atoms with van der Waals surface area (Å²) in [6.07, 6.45) is 11.9. The largest absolute Gasteiger partial charge is 0.462 e. The lowest BCUT2D eigenvalue weighted by molar-refractivity contribution is -0.231. The van der Waals surface area contributed by atoms with Gasteiger partial charge in [-0.25, -0.2) is 0 Å². The Balaban J connectivity index is 1.42. The maximum absolute atomic E-state index is 11.9. The van der Waals surface area contributed by atoms with E-state index >= 15 is 0 Å². The molecule has 4 heteroatoms. The Morgan fingerprint density at radius 2 is 1.47 bits per heavy atom. The summed E-state index contributed by atoms with van der Waals surface area (Å²) in [5.74, 6) is 2.49. The highest BCUT2D eigenvalue weighted by Gasteiger charge is 2.70. The van der Waals surface area contributed by atoms with E-state index < -0.39 is 5.60 Å². The third-order valence-electron chi connectivity index (χ3n) is 13.5. The molecule has 10 atom stereocenters. The van der Waals surface area contributed by atoms with Crippen molar-refractivity contribution in [2.24, 2.45) is 45.3 Å². The summed E-state index contributed by atoms with van der Waals surface area (Å²) in [4.78, 5) is 11.9. The summed E-state index contributed by atoms with van der Waals surface area (Å²) in [5, 5.41) is 10.7. The number of ether oxygens (including phenoxy) is 2. The highest BCUT2D eigenvalue weighted by atomic mass is 16.5. The van der Waals surface area contributed by atoms with E-state index in [-0.39, 0.29) is 29.2 Å². The van der Waals surface area contributed by atoms with Gasteiger partial charge in [0, 0.05) is 12.3 Å². The lowest BCUT2D eigenvalue weighted by Gasteiger charge is -2.70. The zero-order valence-electron chi connectivity index (χ0n) is 24.7. The first kappa shape index (κ1) is 27.0. The van der Waals surface area contributed by atoms with Crippen molar-refractivity contribution >= 4 is 5.97 Å². The molecule has 5 aliphatic rings. The van der Waals surface area contributed by atoms with Crippen molar-refractivity contribution in [3.63, 3.8) is 0 Å². The van der Waals surface area contributed by atoms with E-state index in [1.54, 1.807) is 6.92 Å². The first-order valence-electron chi connectivity index (χ1n) is 15.1. The SMILES string of the molecule is CC(=O)O[C@H]1CC[C@]2(C)[C@H](CC[C@@]3(C)[C@H]2CC[C@H]2[C@H]([C@@]4(C)CC[C@H](C(C)(C)O)O4)CC[C@@]23C)C1(C)C. The van der Waals surface area contributed by atoms with E-state index in [1.165, 1.54) is 44.9 Å². The molecule has 0 aromatic carbocycles. The molecule has 36 heavy (non-hydrogen) atoms. The van der Waals surface area contributed by atoms with Gasteiger partial charge in [-0.1, -0.05) is 34.6 Å². The minimum Gasteiger partial charge on any atom is -0.462 e. The summed E-state index contributed by atoms with van der Waals surface area (Å²) in [6, 6.07) is 0. The fourth-order valence-electron chi connectivity index (χ4n) is 11.5. The topological polar surface area (TPSA) is 55.8 Å². The molecular weight excluding hydrogens is 448 g/mol. The normalized spacial score (nSPS) is 52.3. The molecule has 0 radical (unpaired) electrons. The molecule has 0 bridgehead atoms. The number of rotatable bonds is 3. The van der Waals surface area contributed by atoms with Crippen LogP contribution in [0.1, 0.15) is 127 Å². The van der Waals surface area contributed by atoms with Gasteiger partial charge in [0.15, 0.2) is 0 Å². The molecule has 1 N–H and O–H groups in total. The Morgan fingerprint density at radius 3 is 2.08 bits per heavy atom. The molecule has 0 aromatic rings. The molecule has 4 saturated carbocycles. The van der Waals surface area contributed by atoms with E-state index in [0.29, 0.717) is 34.0 Å². The van der Waals surface area contributed by atoms with Gasteiger partial charge in [-0.3, -0.25) is 4.79 Å². The van der Waals surface area contributed by atoms with Gasteiger partial charge in [0.05, 0.1) is 17.3 Å². The number of hydrogen-bond donors (Lipinski definition) is 1. The van der Waals surface area contributed by atoms with Crippen molar-refractivity contribution in [1.82, 2.24) is 0 Å². The third-order valence-corrected chi connectivity index (χ3v) is 13.5. The van der Waals surface area contributed by atoms with Crippen LogP contribution in [0.5, 0.6) is 0 Å². The minimum atomic E-state index is -0.770. The number of carbonyl (C=O) groups is 1. The van der Waals surface area contributed by atoms with Crippen LogP contribution >= 0.6 is 0 Å². The molecule has 1 saturated heterocycles. The van der Waals surface area contributed by atoms with Gasteiger partial charge in [-0.15, -0.1) is 0 Å². The number of hydrogen-bond acceptors (Lipinski definition) is 4. The van der Waals surface area contributed by atoms with Gasteiger partial charge in [0.25, 0.3) is 0 Å². The van der Waals surface area contributed by atoms with Crippen LogP contribution in [0.2, 0.25) is 0 Å². The Bertz CT molecular complexity index is 889. The number of fused-ring (bicyclic) bond motifs is 5. The van der Waals surface area contributed by atoms with Crippen LogP contribution in [0.3, 0.4) is 0 Å². The summed E-state index contributed by atoms with van der Waals surface area (Å²) < 4.78 is 12.6. The van der Waals surface area contributed by atoms with Crippen LogP contribution in [0, 0.1) is 45.3 Å². The Hall–Kier alpha value is -0.610. The highest BCUT2D eigenvalue weighted by molar-refractivity contribution is 5.66. The molecule has 206 valence electrons. The van der Waals surface area contributed by atoms with E-state index in [9.17, 15) is 9.90 Å². The van der Waals surface area contributed by atoms with Crippen LogP contribution in [0.4, 0.5) is 0 Å². The predicted molar refractivity (Wildman–Crippen MR) is 143 cm³/mol. The van der Waals surface area contributed by atoms with E-state index in [1.807, 2.05) is 13.8 Å². The Labute approximate surface area is 220 Å². The van der Waals surface area contributed by atoms with Crippen molar-refractivity contribution in [3.05, 3.63) is 0 Å². The second-order valence-electron chi connectivity index (χ2n) is 15.9. The maximum atomic E-state index is 11.9. The average Bonchev–Trinajstić information content (AvgIpc) is 3.32. The van der Waals surface area contributed by atoms with Crippen molar-refractivity contribution in [2.45, 2.75) is 150 Å². The maximum Gasteiger partial charge on any atom is 0.302 e. The minimum absolute atomic E-state index is 0.0211. The molecule has 1 aliphatic heterocycles. The van der Waals surface area contributed by atoms with Crippen LogP contribution in [-0.2, 0) is 14.3 Å². The monoisotopic (exact) mass is 502 g/mol. The van der Waals surface area contributed by atoms with Crippen LogP contribution in [0.15, 0.2) is 0 Å². The second-order valence-corrected chi connectivity index (χ2v) is 15.9. The number of esters is 1. The number of carbonyl (C=O) groups excluding carboxylic acids is 1. The Morgan fingerprint density at radius 1 is 0.806 bits per heavy atom. The van der Waals surface area contributed by atoms with Gasteiger partial charge in [-0.05, 0) is 125 Å². The van der Waals surface area contributed by atoms with Crippen LogP contribution in [0.25, 0.3) is 0 Å². The molecule has 0 spiro atoms. The standard InChI is InChI=1S/C32H54O4/c1-20(33)35-25-14-16-29(6)23(27(25,2)3)13-18-31(8)24(29)11-10-21-22(12-17-30(21,31)7)32(9)19-15-26(36-32)28(4,5)34/h21-26,34H,10-19H2,1-9H3/t21-,22+,23+,24-,25-,26+,29+,30-,31-,32+/m0/s1.